The lowest BCUT2D eigenvalue weighted by molar-refractivity contribution is -0.0234. The van der Waals surface area contributed by atoms with Gasteiger partial charge >= 0.3 is 0 Å². The Morgan fingerprint density at radius 3 is 1.00 bits per heavy atom. The molecule has 2 fully saturated rings. The van der Waals surface area contributed by atoms with Crippen LogP contribution in [0.4, 0.5) is 0 Å². The van der Waals surface area contributed by atoms with Crippen LogP contribution < -0.4 is 0 Å². The van der Waals surface area contributed by atoms with Crippen molar-refractivity contribution >= 4 is 0 Å². The summed E-state index contributed by atoms with van der Waals surface area (Å²) in [6.45, 7) is 4.43. The topological polar surface area (TPSA) is 18.5 Å². The molecule has 2 nitrogen and oxygen atoms in total. The minimum Gasteiger partial charge on any atom is -0.379 e. The van der Waals surface area contributed by atoms with E-state index in [0.717, 1.165) is 0 Å². The van der Waals surface area contributed by atoms with Gasteiger partial charge in [0.2, 0.25) is 0 Å². The quantitative estimate of drug-likeness (QED) is 0.712. The molecule has 0 aromatic carbocycles. The van der Waals surface area contributed by atoms with E-state index in [9.17, 15) is 0 Å². The fraction of sp³-hybridized carbons (Fsp3) is 1.00. The summed E-state index contributed by atoms with van der Waals surface area (Å²) in [5.41, 5.74) is 0.441. The van der Waals surface area contributed by atoms with Gasteiger partial charge < -0.3 is 9.47 Å². The summed E-state index contributed by atoms with van der Waals surface area (Å²) in [4.78, 5) is 0. The highest BCUT2D eigenvalue weighted by molar-refractivity contribution is 4.79. The number of hydrogen-bond acceptors (Lipinski definition) is 2. The van der Waals surface area contributed by atoms with Gasteiger partial charge in [0, 0.05) is 14.2 Å². The van der Waals surface area contributed by atoms with Crippen LogP contribution in [0.25, 0.3) is 0 Å². The first kappa shape index (κ1) is 16.0. The lowest BCUT2D eigenvalue weighted by Crippen LogP contribution is -2.29. The monoisotopic (exact) mass is 256 g/mol. The molecule has 0 aliphatic heterocycles. The van der Waals surface area contributed by atoms with Gasteiger partial charge in [0.05, 0.1) is 11.2 Å². The second-order valence-corrected chi connectivity index (χ2v) is 6.43. The molecule has 0 aromatic rings. The molecule has 0 amide bonds. The van der Waals surface area contributed by atoms with Gasteiger partial charge in [-0.3, -0.25) is 0 Å². The predicted octanol–water partition coefficient (Wildman–Crippen LogP) is 4.71. The van der Waals surface area contributed by atoms with Gasteiger partial charge in [-0.25, -0.2) is 0 Å². The highest BCUT2D eigenvalue weighted by atomic mass is 16.5. The smallest absolute Gasteiger partial charge is 0.0650 e. The minimum atomic E-state index is 0.220. The van der Waals surface area contributed by atoms with E-state index in [1.54, 1.807) is 0 Å². The second kappa shape index (κ2) is 7.49. The molecule has 0 bridgehead atoms. The highest BCUT2D eigenvalue weighted by Gasteiger charge is 2.26. The maximum atomic E-state index is 5.38. The van der Waals surface area contributed by atoms with Crippen LogP contribution in [-0.2, 0) is 9.47 Å². The van der Waals surface area contributed by atoms with Crippen LogP contribution >= 0.6 is 0 Å². The zero-order valence-corrected chi connectivity index (χ0v) is 12.9. The van der Waals surface area contributed by atoms with Crippen molar-refractivity contribution < 1.29 is 9.47 Å². The lowest BCUT2D eigenvalue weighted by atomic mass is 9.86. The number of rotatable bonds is 2. The molecule has 0 aromatic heterocycles. The molecule has 0 N–H and O–H groups in total. The molecule has 2 rings (SSSR count). The van der Waals surface area contributed by atoms with Crippen molar-refractivity contribution in [1.29, 1.82) is 0 Å². The van der Waals surface area contributed by atoms with Gasteiger partial charge in [-0.1, -0.05) is 38.5 Å². The van der Waals surface area contributed by atoms with Gasteiger partial charge in [0.1, 0.15) is 0 Å². The molecule has 0 spiro atoms. The highest BCUT2D eigenvalue weighted by Crippen LogP contribution is 2.30. The first-order valence-electron chi connectivity index (χ1n) is 7.64. The summed E-state index contributed by atoms with van der Waals surface area (Å²) in [5.74, 6) is 0. The first-order valence-corrected chi connectivity index (χ1v) is 7.64. The molecule has 0 heterocycles. The minimum absolute atomic E-state index is 0.220. The van der Waals surface area contributed by atoms with Gasteiger partial charge in [-0.2, -0.15) is 0 Å². The van der Waals surface area contributed by atoms with Gasteiger partial charge in [-0.15, -0.1) is 0 Å². The van der Waals surface area contributed by atoms with E-state index in [1.807, 2.05) is 14.2 Å². The molecule has 0 unspecified atom stereocenters. The number of ether oxygens (including phenoxy) is 2. The van der Waals surface area contributed by atoms with Gasteiger partial charge in [-0.05, 0) is 39.5 Å². The molecule has 2 aliphatic carbocycles. The Morgan fingerprint density at radius 2 is 0.833 bits per heavy atom. The zero-order valence-electron chi connectivity index (χ0n) is 12.9. The third-order valence-corrected chi connectivity index (χ3v) is 4.81. The van der Waals surface area contributed by atoms with Crippen LogP contribution in [0.2, 0.25) is 0 Å². The molecule has 0 atom stereocenters. The molecule has 2 heteroatoms. The maximum Gasteiger partial charge on any atom is 0.0650 e. The van der Waals surface area contributed by atoms with E-state index in [4.69, 9.17) is 9.47 Å². The van der Waals surface area contributed by atoms with Crippen molar-refractivity contribution in [2.75, 3.05) is 14.2 Å². The van der Waals surface area contributed by atoms with Crippen molar-refractivity contribution in [2.24, 2.45) is 0 Å². The lowest BCUT2D eigenvalue weighted by Gasteiger charge is -2.31. The van der Waals surface area contributed by atoms with Crippen molar-refractivity contribution in [2.45, 2.75) is 89.3 Å². The van der Waals surface area contributed by atoms with Crippen molar-refractivity contribution in [1.82, 2.24) is 0 Å². The number of methoxy groups -OCH3 is 2. The second-order valence-electron chi connectivity index (χ2n) is 6.43. The van der Waals surface area contributed by atoms with E-state index >= 15 is 0 Å². The van der Waals surface area contributed by atoms with Crippen LogP contribution in [0, 0.1) is 0 Å². The third-order valence-electron chi connectivity index (χ3n) is 4.81. The number of hydrogen-bond donors (Lipinski definition) is 0. The molecule has 0 saturated heterocycles. The molecule has 108 valence electrons. The maximum absolute atomic E-state index is 5.38. The van der Waals surface area contributed by atoms with Crippen molar-refractivity contribution in [3.63, 3.8) is 0 Å². The fourth-order valence-corrected chi connectivity index (χ4v) is 3.01. The van der Waals surface area contributed by atoms with Crippen LogP contribution in [0.3, 0.4) is 0 Å². The molecule has 18 heavy (non-hydrogen) atoms. The molecule has 2 aliphatic rings. The first-order chi connectivity index (χ1) is 8.54. The Hall–Kier alpha value is -0.0800. The average molecular weight is 256 g/mol. The van der Waals surface area contributed by atoms with E-state index in [0.29, 0.717) is 0 Å². The molecule has 2 saturated carbocycles. The summed E-state index contributed by atoms with van der Waals surface area (Å²) in [5, 5.41) is 0. The van der Waals surface area contributed by atoms with Gasteiger partial charge in [0.25, 0.3) is 0 Å². The molecule has 0 radical (unpaired) electrons. The van der Waals surface area contributed by atoms with Crippen LogP contribution in [0.1, 0.15) is 78.1 Å². The average Bonchev–Trinajstić information content (AvgIpc) is 2.41. The fourth-order valence-electron chi connectivity index (χ4n) is 3.01. The molecular weight excluding hydrogens is 224 g/mol. The largest absolute Gasteiger partial charge is 0.379 e. The Bertz CT molecular complexity index is 189. The Morgan fingerprint density at radius 1 is 0.556 bits per heavy atom. The summed E-state index contributed by atoms with van der Waals surface area (Å²) in [6, 6.07) is 0. The van der Waals surface area contributed by atoms with E-state index in [1.165, 1.54) is 64.2 Å². The molecular formula is C16H32O2. The summed E-state index contributed by atoms with van der Waals surface area (Å²) in [7, 11) is 3.65. The standard InChI is InChI=1S/2C8H16O/c2*1-8(9-2)6-4-3-5-7-8/h2*3-7H2,1-2H3. The zero-order chi connectivity index (χ0) is 13.5. The Labute approximate surface area is 113 Å². The normalized spacial score (nSPS) is 26.0. The van der Waals surface area contributed by atoms with E-state index in [2.05, 4.69) is 13.8 Å². The van der Waals surface area contributed by atoms with E-state index < -0.39 is 0 Å². The van der Waals surface area contributed by atoms with Crippen molar-refractivity contribution in [3.8, 4) is 0 Å². The SMILES string of the molecule is COC1(C)CCCCC1.COC1(C)CCCCC1. The van der Waals surface area contributed by atoms with Gasteiger partial charge in [0.15, 0.2) is 0 Å². The summed E-state index contributed by atoms with van der Waals surface area (Å²) in [6.07, 6.45) is 13.2. The van der Waals surface area contributed by atoms with Crippen molar-refractivity contribution in [3.05, 3.63) is 0 Å². The van der Waals surface area contributed by atoms with Crippen LogP contribution in [0.5, 0.6) is 0 Å². The predicted molar refractivity (Wildman–Crippen MR) is 77.0 cm³/mol. The Kier molecular flexibility index (Phi) is 6.65. The van der Waals surface area contributed by atoms with Crippen LogP contribution in [0.15, 0.2) is 0 Å². The Balaban J connectivity index is 0.000000180. The van der Waals surface area contributed by atoms with Crippen LogP contribution in [-0.4, -0.2) is 25.4 Å². The third kappa shape index (κ3) is 5.27. The van der Waals surface area contributed by atoms with E-state index in [-0.39, 0.29) is 11.2 Å². The summed E-state index contributed by atoms with van der Waals surface area (Å²) >= 11 is 0. The summed E-state index contributed by atoms with van der Waals surface area (Å²) < 4.78 is 10.8.